The van der Waals surface area contributed by atoms with Crippen LogP contribution in [0.25, 0.3) is 0 Å². The average Bonchev–Trinajstić information content (AvgIpc) is 2.37. The summed E-state index contributed by atoms with van der Waals surface area (Å²) >= 11 is 0. The molecule has 116 valence electrons. The Morgan fingerprint density at radius 1 is 1.29 bits per heavy atom. The van der Waals surface area contributed by atoms with Gasteiger partial charge in [-0.25, -0.2) is 4.39 Å². The minimum absolute atomic E-state index is 0.118. The number of β-amino-alcohol motifs (C(OH)–C–C–N with tert-alkyl or cyclic N) is 1. The van der Waals surface area contributed by atoms with E-state index in [1.165, 1.54) is 6.07 Å². The molecule has 1 aliphatic heterocycles. The van der Waals surface area contributed by atoms with Crippen LogP contribution < -0.4 is 0 Å². The zero-order valence-corrected chi connectivity index (χ0v) is 12.3. The highest BCUT2D eigenvalue weighted by Crippen LogP contribution is 2.21. The Balaban J connectivity index is 1.97. The van der Waals surface area contributed by atoms with Crippen molar-refractivity contribution < 1.29 is 19.4 Å². The number of piperazine rings is 1. The highest BCUT2D eigenvalue weighted by atomic mass is 19.1. The van der Waals surface area contributed by atoms with Crippen molar-refractivity contribution in [1.82, 2.24) is 9.80 Å². The molecular weight excluding hydrogens is 275 g/mol. The first kappa shape index (κ1) is 15.7. The largest absolute Gasteiger partial charge is 0.507 e. The summed E-state index contributed by atoms with van der Waals surface area (Å²) < 4.78 is 12.9. The predicted molar refractivity (Wildman–Crippen MR) is 76.7 cm³/mol. The second-order valence-electron chi connectivity index (χ2n) is 6.04. The van der Waals surface area contributed by atoms with Crippen molar-refractivity contribution in [2.45, 2.75) is 19.4 Å². The zero-order valence-electron chi connectivity index (χ0n) is 12.3. The Kier molecular flexibility index (Phi) is 4.49. The van der Waals surface area contributed by atoms with Crippen LogP contribution in [0.4, 0.5) is 4.39 Å². The summed E-state index contributed by atoms with van der Waals surface area (Å²) in [6.07, 6.45) is 0. The van der Waals surface area contributed by atoms with E-state index in [4.69, 9.17) is 0 Å². The van der Waals surface area contributed by atoms with Crippen molar-refractivity contribution in [3.05, 3.63) is 29.6 Å². The Labute approximate surface area is 123 Å². The summed E-state index contributed by atoms with van der Waals surface area (Å²) in [5.74, 6) is -1.20. The molecule has 0 spiro atoms. The van der Waals surface area contributed by atoms with Crippen molar-refractivity contribution in [2.24, 2.45) is 0 Å². The van der Waals surface area contributed by atoms with Crippen LogP contribution in [0.15, 0.2) is 18.2 Å². The van der Waals surface area contributed by atoms with Gasteiger partial charge < -0.3 is 15.1 Å². The molecule has 21 heavy (non-hydrogen) atoms. The maximum absolute atomic E-state index is 12.9. The number of nitrogens with zero attached hydrogens (tertiary/aromatic N) is 2. The molecular formula is C15H21FN2O3. The van der Waals surface area contributed by atoms with Gasteiger partial charge in [-0.05, 0) is 26.0 Å². The highest BCUT2D eigenvalue weighted by molar-refractivity contribution is 5.96. The maximum atomic E-state index is 12.9. The van der Waals surface area contributed by atoms with E-state index in [0.717, 1.165) is 12.1 Å². The van der Waals surface area contributed by atoms with Gasteiger partial charge in [0.25, 0.3) is 5.91 Å². The molecule has 0 bridgehead atoms. The Bertz CT molecular complexity index is 520. The van der Waals surface area contributed by atoms with Gasteiger partial charge in [-0.1, -0.05) is 0 Å². The number of amides is 1. The standard InChI is InChI=1S/C15H21FN2O3/c1-15(2,21)10-17-5-7-18(8-6-17)14(20)12-4-3-11(16)9-13(12)19/h3-4,9,19,21H,5-8,10H2,1-2H3. The summed E-state index contributed by atoms with van der Waals surface area (Å²) in [6, 6.07) is 3.41. The molecule has 2 rings (SSSR count). The number of phenolic OH excluding ortho intramolecular Hbond substituents is 1. The first-order chi connectivity index (χ1) is 9.76. The second-order valence-corrected chi connectivity index (χ2v) is 6.04. The summed E-state index contributed by atoms with van der Waals surface area (Å²) in [5.41, 5.74) is -0.645. The van der Waals surface area contributed by atoms with Gasteiger partial charge in [-0.15, -0.1) is 0 Å². The predicted octanol–water partition coefficient (Wildman–Crippen LogP) is 1.06. The number of benzene rings is 1. The van der Waals surface area contributed by atoms with Gasteiger partial charge in [-0.3, -0.25) is 9.69 Å². The molecule has 5 nitrogen and oxygen atoms in total. The fraction of sp³-hybridized carbons (Fsp3) is 0.533. The normalized spacial score (nSPS) is 17.0. The van der Waals surface area contributed by atoms with Gasteiger partial charge in [-0.2, -0.15) is 0 Å². The fourth-order valence-corrected chi connectivity index (χ4v) is 2.51. The molecule has 1 heterocycles. The SMILES string of the molecule is CC(C)(O)CN1CCN(C(=O)c2ccc(F)cc2O)CC1. The second kappa shape index (κ2) is 5.99. The number of aromatic hydroxyl groups is 1. The molecule has 1 aliphatic rings. The van der Waals surface area contributed by atoms with Gasteiger partial charge in [0, 0.05) is 38.8 Å². The summed E-state index contributed by atoms with van der Waals surface area (Å²) in [7, 11) is 0. The van der Waals surface area contributed by atoms with E-state index in [0.29, 0.717) is 32.7 Å². The van der Waals surface area contributed by atoms with E-state index in [-0.39, 0.29) is 17.2 Å². The number of hydrogen-bond acceptors (Lipinski definition) is 4. The monoisotopic (exact) mass is 296 g/mol. The lowest BCUT2D eigenvalue weighted by molar-refractivity contribution is 0.0178. The van der Waals surface area contributed by atoms with Crippen LogP contribution in [0.5, 0.6) is 5.75 Å². The third-order valence-corrected chi connectivity index (χ3v) is 3.46. The number of carbonyl (C=O) groups excluding carboxylic acids is 1. The smallest absolute Gasteiger partial charge is 0.257 e. The molecule has 1 saturated heterocycles. The van der Waals surface area contributed by atoms with Crippen molar-refractivity contribution >= 4 is 5.91 Å². The summed E-state index contributed by atoms with van der Waals surface area (Å²) in [4.78, 5) is 16.0. The first-order valence-electron chi connectivity index (χ1n) is 6.99. The summed E-state index contributed by atoms with van der Waals surface area (Å²) in [6.45, 7) is 6.42. The lowest BCUT2D eigenvalue weighted by atomic mass is 10.1. The third-order valence-electron chi connectivity index (χ3n) is 3.46. The number of phenols is 1. The van der Waals surface area contributed by atoms with Gasteiger partial charge >= 0.3 is 0 Å². The van der Waals surface area contributed by atoms with E-state index in [2.05, 4.69) is 4.90 Å². The molecule has 1 aromatic rings. The molecule has 0 aliphatic carbocycles. The lowest BCUT2D eigenvalue weighted by Gasteiger charge is -2.37. The van der Waals surface area contributed by atoms with Crippen LogP contribution in [-0.2, 0) is 0 Å². The van der Waals surface area contributed by atoms with Crippen LogP contribution in [0.2, 0.25) is 0 Å². The number of halogens is 1. The van der Waals surface area contributed by atoms with Crippen molar-refractivity contribution in [1.29, 1.82) is 0 Å². The zero-order chi connectivity index (χ0) is 15.6. The maximum Gasteiger partial charge on any atom is 0.257 e. The first-order valence-corrected chi connectivity index (χ1v) is 6.99. The van der Waals surface area contributed by atoms with E-state index < -0.39 is 11.4 Å². The molecule has 0 radical (unpaired) electrons. The summed E-state index contributed by atoms with van der Waals surface area (Å²) in [5, 5.41) is 19.5. The van der Waals surface area contributed by atoms with E-state index in [9.17, 15) is 19.4 Å². The molecule has 0 atom stereocenters. The van der Waals surface area contributed by atoms with E-state index in [1.54, 1.807) is 18.7 Å². The Morgan fingerprint density at radius 2 is 1.90 bits per heavy atom. The van der Waals surface area contributed by atoms with E-state index >= 15 is 0 Å². The Hall–Kier alpha value is -1.66. The minimum Gasteiger partial charge on any atom is -0.507 e. The minimum atomic E-state index is -0.762. The third kappa shape index (κ3) is 4.15. The van der Waals surface area contributed by atoms with Crippen LogP contribution in [0.3, 0.4) is 0 Å². The average molecular weight is 296 g/mol. The molecule has 0 aromatic heterocycles. The lowest BCUT2D eigenvalue weighted by Crippen LogP contribution is -2.52. The van der Waals surface area contributed by atoms with E-state index in [1.807, 2.05) is 0 Å². The van der Waals surface area contributed by atoms with Crippen molar-refractivity contribution in [2.75, 3.05) is 32.7 Å². The molecule has 1 fully saturated rings. The number of aliphatic hydroxyl groups is 1. The molecule has 6 heteroatoms. The van der Waals surface area contributed by atoms with Gasteiger partial charge in [0.05, 0.1) is 11.2 Å². The topological polar surface area (TPSA) is 64.0 Å². The molecule has 2 N–H and O–H groups in total. The number of rotatable bonds is 3. The van der Waals surface area contributed by atoms with Gasteiger partial charge in [0.15, 0.2) is 0 Å². The highest BCUT2D eigenvalue weighted by Gasteiger charge is 2.26. The molecule has 1 aromatic carbocycles. The van der Waals surface area contributed by atoms with Crippen LogP contribution in [-0.4, -0.2) is 64.2 Å². The van der Waals surface area contributed by atoms with Gasteiger partial charge in [0.2, 0.25) is 0 Å². The van der Waals surface area contributed by atoms with Crippen LogP contribution in [0, 0.1) is 5.82 Å². The molecule has 0 unspecified atom stereocenters. The Morgan fingerprint density at radius 3 is 2.43 bits per heavy atom. The molecule has 1 amide bonds. The number of hydrogen-bond donors (Lipinski definition) is 2. The van der Waals surface area contributed by atoms with Gasteiger partial charge in [0.1, 0.15) is 11.6 Å². The quantitative estimate of drug-likeness (QED) is 0.875. The molecule has 0 saturated carbocycles. The van der Waals surface area contributed by atoms with Crippen molar-refractivity contribution in [3.8, 4) is 5.75 Å². The fourth-order valence-electron chi connectivity index (χ4n) is 2.51. The van der Waals surface area contributed by atoms with Crippen LogP contribution in [0.1, 0.15) is 24.2 Å². The number of carbonyl (C=O) groups is 1. The van der Waals surface area contributed by atoms with Crippen LogP contribution >= 0.6 is 0 Å². The van der Waals surface area contributed by atoms with Crippen molar-refractivity contribution in [3.63, 3.8) is 0 Å².